The minimum atomic E-state index is -0.752. The van der Waals surface area contributed by atoms with Gasteiger partial charge in [-0.1, -0.05) is 6.92 Å². The van der Waals surface area contributed by atoms with Crippen LogP contribution >= 0.6 is 0 Å². The smallest absolute Gasteiger partial charge is 0.255 e. The van der Waals surface area contributed by atoms with Gasteiger partial charge in [0.2, 0.25) is 5.91 Å². The Morgan fingerprint density at radius 3 is 2.81 bits per heavy atom. The summed E-state index contributed by atoms with van der Waals surface area (Å²) in [6.07, 6.45) is 5.17. The number of fused-ring (bicyclic) bond motifs is 1. The molecule has 2 aliphatic rings. The molecule has 1 aliphatic carbocycles. The third-order valence-electron chi connectivity index (χ3n) is 5.69. The van der Waals surface area contributed by atoms with E-state index in [1.807, 2.05) is 24.3 Å². The van der Waals surface area contributed by atoms with Gasteiger partial charge in [0.1, 0.15) is 5.82 Å². The summed E-state index contributed by atoms with van der Waals surface area (Å²) in [6.45, 7) is 4.57. The van der Waals surface area contributed by atoms with Crippen molar-refractivity contribution >= 4 is 17.3 Å². The third-order valence-corrected chi connectivity index (χ3v) is 5.69. The quantitative estimate of drug-likeness (QED) is 0.863. The van der Waals surface area contributed by atoms with Crippen LogP contribution in [0.5, 0.6) is 0 Å². The Hall–Kier alpha value is -2.41. The van der Waals surface area contributed by atoms with E-state index < -0.39 is 6.10 Å². The zero-order valence-electron chi connectivity index (χ0n) is 15.1. The van der Waals surface area contributed by atoms with Gasteiger partial charge in [-0.25, -0.2) is 4.98 Å². The van der Waals surface area contributed by atoms with Crippen molar-refractivity contribution in [3.05, 3.63) is 35.9 Å². The van der Waals surface area contributed by atoms with Gasteiger partial charge in [-0.15, -0.1) is 0 Å². The standard InChI is InChI=1S/C19H24N4O3/c1-12-20-9-14-4-3-13(10-23(12)14)17(25)22-8-5-15(16(24)11-22)21-18(26)19(2)6-7-19/h3-4,9-10,15-16,24H,5-8,11H2,1-2H3,(H,21,26). The molecule has 7 nitrogen and oxygen atoms in total. The maximum Gasteiger partial charge on any atom is 0.255 e. The van der Waals surface area contributed by atoms with Gasteiger partial charge in [0.05, 0.1) is 29.4 Å². The van der Waals surface area contributed by atoms with Crippen LogP contribution in [-0.4, -0.2) is 56.4 Å². The molecular weight excluding hydrogens is 332 g/mol. The average molecular weight is 356 g/mol. The molecule has 2 atom stereocenters. The molecule has 2 aromatic heterocycles. The van der Waals surface area contributed by atoms with Crippen LogP contribution in [0.4, 0.5) is 0 Å². The Morgan fingerprint density at radius 2 is 2.12 bits per heavy atom. The van der Waals surface area contributed by atoms with Crippen molar-refractivity contribution in [2.45, 2.75) is 45.3 Å². The summed E-state index contributed by atoms with van der Waals surface area (Å²) in [5.41, 5.74) is 1.25. The molecular formula is C19H24N4O3. The highest BCUT2D eigenvalue weighted by atomic mass is 16.3. The van der Waals surface area contributed by atoms with E-state index in [1.165, 1.54) is 0 Å². The van der Waals surface area contributed by atoms with Crippen molar-refractivity contribution in [2.24, 2.45) is 5.41 Å². The lowest BCUT2D eigenvalue weighted by Gasteiger charge is -2.36. The highest BCUT2D eigenvalue weighted by Gasteiger charge is 2.46. The molecule has 1 saturated heterocycles. The number of imidazole rings is 1. The summed E-state index contributed by atoms with van der Waals surface area (Å²) in [4.78, 5) is 30.9. The van der Waals surface area contributed by atoms with Crippen molar-refractivity contribution in [1.82, 2.24) is 19.6 Å². The largest absolute Gasteiger partial charge is 0.389 e. The van der Waals surface area contributed by atoms with E-state index in [-0.39, 0.29) is 29.8 Å². The fraction of sp³-hybridized carbons (Fsp3) is 0.526. The second kappa shape index (κ2) is 6.09. The number of hydrogen-bond acceptors (Lipinski definition) is 4. The molecule has 2 aromatic rings. The Labute approximate surface area is 152 Å². The molecule has 1 aliphatic heterocycles. The number of aryl methyl sites for hydroxylation is 1. The van der Waals surface area contributed by atoms with E-state index in [1.54, 1.807) is 23.4 Å². The Morgan fingerprint density at radius 1 is 1.35 bits per heavy atom. The summed E-state index contributed by atoms with van der Waals surface area (Å²) in [7, 11) is 0. The number of likely N-dealkylation sites (tertiary alicyclic amines) is 1. The van der Waals surface area contributed by atoms with Crippen LogP contribution in [0.2, 0.25) is 0 Å². The van der Waals surface area contributed by atoms with Crippen LogP contribution in [-0.2, 0) is 4.79 Å². The molecule has 2 unspecified atom stereocenters. The van der Waals surface area contributed by atoms with Gasteiger partial charge in [0.15, 0.2) is 0 Å². The van der Waals surface area contributed by atoms with Gasteiger partial charge >= 0.3 is 0 Å². The number of aliphatic hydroxyl groups is 1. The lowest BCUT2D eigenvalue weighted by molar-refractivity contribution is -0.127. The summed E-state index contributed by atoms with van der Waals surface area (Å²) in [5, 5.41) is 13.4. The van der Waals surface area contributed by atoms with E-state index >= 15 is 0 Å². The molecule has 26 heavy (non-hydrogen) atoms. The molecule has 0 aromatic carbocycles. The number of amides is 2. The zero-order chi connectivity index (χ0) is 18.5. The predicted octanol–water partition coefficient (Wildman–Crippen LogP) is 1.13. The molecule has 0 spiro atoms. The van der Waals surface area contributed by atoms with E-state index in [0.29, 0.717) is 18.5 Å². The van der Waals surface area contributed by atoms with Crippen LogP contribution in [0.3, 0.4) is 0 Å². The van der Waals surface area contributed by atoms with Crippen molar-refractivity contribution in [3.8, 4) is 0 Å². The summed E-state index contributed by atoms with van der Waals surface area (Å²) in [6, 6.07) is 3.36. The molecule has 2 amide bonds. The zero-order valence-corrected chi connectivity index (χ0v) is 15.1. The molecule has 7 heteroatoms. The number of nitrogens with one attached hydrogen (secondary N) is 1. The number of nitrogens with zero attached hydrogens (tertiary/aromatic N) is 3. The molecule has 3 heterocycles. The fourth-order valence-electron chi connectivity index (χ4n) is 3.47. The maximum atomic E-state index is 12.8. The highest BCUT2D eigenvalue weighted by molar-refractivity contribution is 5.94. The number of pyridine rings is 1. The normalized spacial score (nSPS) is 24.5. The number of hydrogen-bond donors (Lipinski definition) is 2. The second-order valence-electron chi connectivity index (χ2n) is 7.77. The van der Waals surface area contributed by atoms with Gasteiger partial charge in [0.25, 0.3) is 5.91 Å². The highest BCUT2D eigenvalue weighted by Crippen LogP contribution is 2.45. The SMILES string of the molecule is Cc1ncc2ccc(C(=O)N3CCC(NC(=O)C4(C)CC4)C(O)C3)cn12. The maximum absolute atomic E-state index is 12.8. The van der Waals surface area contributed by atoms with E-state index in [2.05, 4.69) is 10.3 Å². The topological polar surface area (TPSA) is 86.9 Å². The van der Waals surface area contributed by atoms with Gasteiger partial charge in [-0.05, 0) is 38.3 Å². The molecule has 2 fully saturated rings. The van der Waals surface area contributed by atoms with E-state index in [0.717, 1.165) is 24.2 Å². The molecule has 138 valence electrons. The first-order valence-corrected chi connectivity index (χ1v) is 9.09. The second-order valence-corrected chi connectivity index (χ2v) is 7.77. The Bertz CT molecular complexity index is 871. The molecule has 0 bridgehead atoms. The number of carbonyl (C=O) groups excluding carboxylic acids is 2. The van der Waals surface area contributed by atoms with E-state index in [9.17, 15) is 14.7 Å². The Balaban J connectivity index is 1.43. The predicted molar refractivity (Wildman–Crippen MR) is 95.7 cm³/mol. The van der Waals surface area contributed by atoms with Crippen molar-refractivity contribution < 1.29 is 14.7 Å². The van der Waals surface area contributed by atoms with Crippen molar-refractivity contribution in [1.29, 1.82) is 0 Å². The summed E-state index contributed by atoms with van der Waals surface area (Å²) < 4.78 is 1.88. The van der Waals surface area contributed by atoms with Crippen LogP contribution in [0.15, 0.2) is 24.5 Å². The van der Waals surface area contributed by atoms with Crippen LogP contribution < -0.4 is 5.32 Å². The number of piperidine rings is 1. The minimum Gasteiger partial charge on any atom is -0.389 e. The van der Waals surface area contributed by atoms with Crippen LogP contribution in [0.1, 0.15) is 42.4 Å². The first kappa shape index (κ1) is 17.0. The summed E-state index contributed by atoms with van der Waals surface area (Å²) >= 11 is 0. The average Bonchev–Trinajstić information content (AvgIpc) is 3.29. The van der Waals surface area contributed by atoms with Gasteiger partial charge < -0.3 is 19.7 Å². The van der Waals surface area contributed by atoms with Crippen molar-refractivity contribution in [2.75, 3.05) is 13.1 Å². The molecule has 0 radical (unpaired) electrons. The number of aromatic nitrogens is 2. The Kier molecular flexibility index (Phi) is 3.99. The third kappa shape index (κ3) is 2.96. The lowest BCUT2D eigenvalue weighted by atomic mass is 9.99. The lowest BCUT2D eigenvalue weighted by Crippen LogP contribution is -2.56. The monoisotopic (exact) mass is 356 g/mol. The van der Waals surface area contributed by atoms with Gasteiger partial charge in [-0.3, -0.25) is 9.59 Å². The van der Waals surface area contributed by atoms with Crippen molar-refractivity contribution in [3.63, 3.8) is 0 Å². The number of carbonyl (C=O) groups is 2. The molecule has 2 N–H and O–H groups in total. The first-order valence-electron chi connectivity index (χ1n) is 9.09. The first-order chi connectivity index (χ1) is 12.4. The minimum absolute atomic E-state index is 0.0161. The summed E-state index contributed by atoms with van der Waals surface area (Å²) in [5.74, 6) is 0.727. The van der Waals surface area contributed by atoms with Gasteiger partial charge in [0, 0.05) is 24.7 Å². The van der Waals surface area contributed by atoms with Crippen LogP contribution in [0.25, 0.3) is 5.52 Å². The van der Waals surface area contributed by atoms with E-state index in [4.69, 9.17) is 0 Å². The number of β-amino-alcohol motifs (C(OH)–C–C–N with tert-alkyl or cyclic N) is 1. The molecule has 4 rings (SSSR count). The number of aliphatic hydroxyl groups excluding tert-OH is 1. The van der Waals surface area contributed by atoms with Crippen LogP contribution in [0, 0.1) is 12.3 Å². The number of rotatable bonds is 3. The fourth-order valence-corrected chi connectivity index (χ4v) is 3.47. The van der Waals surface area contributed by atoms with Gasteiger partial charge in [-0.2, -0.15) is 0 Å². The molecule has 1 saturated carbocycles.